The molecule has 0 fully saturated rings. The monoisotopic (exact) mass is 379 g/mol. The lowest BCUT2D eigenvalue weighted by molar-refractivity contribution is -0.122. The van der Waals surface area contributed by atoms with Gasteiger partial charge in [-0.05, 0) is 43.0 Å². The summed E-state index contributed by atoms with van der Waals surface area (Å²) in [5, 5.41) is 2.92. The molecule has 2 aliphatic rings. The van der Waals surface area contributed by atoms with Crippen LogP contribution in [0, 0.1) is 5.82 Å². The minimum atomic E-state index is -0.302. The highest BCUT2D eigenvalue weighted by molar-refractivity contribution is 6.02. The number of halogens is 1. The van der Waals surface area contributed by atoms with Crippen LogP contribution in [0.5, 0.6) is 5.75 Å². The number of hydrogen-bond acceptors (Lipinski definition) is 3. The SMILES string of the molecule is CCOc1ccccc1[C@@H]1CC(=O)NC2=C1C(=O)C[C@H](c1ccc(F)cc1)C2. The van der Waals surface area contributed by atoms with E-state index in [0.717, 1.165) is 11.1 Å². The van der Waals surface area contributed by atoms with Gasteiger partial charge >= 0.3 is 0 Å². The number of hydrogen-bond donors (Lipinski definition) is 1. The standard InChI is InChI=1S/C23H22FNO3/c1-2-28-21-6-4-3-5-17(21)18-13-22(27)25-19-11-15(12-20(26)23(18)19)14-7-9-16(24)10-8-14/h3-10,15,18H,2,11-13H2,1H3,(H,25,27)/t15-,18+/m1/s1. The third-order valence-corrected chi connectivity index (χ3v) is 5.47. The zero-order valence-electron chi connectivity index (χ0n) is 15.7. The van der Waals surface area contributed by atoms with Gasteiger partial charge in [0.15, 0.2) is 5.78 Å². The molecular formula is C23H22FNO3. The summed E-state index contributed by atoms with van der Waals surface area (Å²) in [7, 11) is 0. The molecule has 4 nitrogen and oxygen atoms in total. The number of Topliss-reactive ketones (excluding diaryl/α,β-unsaturated/α-hetero) is 1. The molecular weight excluding hydrogens is 357 g/mol. The zero-order valence-corrected chi connectivity index (χ0v) is 15.7. The van der Waals surface area contributed by atoms with Crippen molar-refractivity contribution in [2.75, 3.05) is 6.61 Å². The third kappa shape index (κ3) is 3.44. The van der Waals surface area contributed by atoms with Crippen LogP contribution in [0.4, 0.5) is 4.39 Å². The van der Waals surface area contributed by atoms with Gasteiger partial charge in [-0.3, -0.25) is 9.59 Å². The second-order valence-corrected chi connectivity index (χ2v) is 7.25. The van der Waals surface area contributed by atoms with Crippen LogP contribution in [0.2, 0.25) is 0 Å². The predicted octanol–water partition coefficient (Wildman–Crippen LogP) is 4.23. The summed E-state index contributed by atoms with van der Waals surface area (Å²) in [6.45, 7) is 2.43. The fourth-order valence-electron chi connectivity index (χ4n) is 4.25. The molecule has 2 atom stereocenters. The highest BCUT2D eigenvalue weighted by Gasteiger charge is 2.39. The van der Waals surface area contributed by atoms with Crippen LogP contribution in [-0.4, -0.2) is 18.3 Å². The highest BCUT2D eigenvalue weighted by atomic mass is 19.1. The molecule has 1 heterocycles. The van der Waals surface area contributed by atoms with Crippen molar-refractivity contribution in [2.45, 2.75) is 38.0 Å². The molecule has 0 aromatic heterocycles. The smallest absolute Gasteiger partial charge is 0.225 e. The molecule has 2 aromatic carbocycles. The summed E-state index contributed by atoms with van der Waals surface area (Å²) in [4.78, 5) is 25.5. The van der Waals surface area contributed by atoms with Crippen LogP contribution in [-0.2, 0) is 9.59 Å². The largest absolute Gasteiger partial charge is 0.494 e. The van der Waals surface area contributed by atoms with E-state index >= 15 is 0 Å². The highest BCUT2D eigenvalue weighted by Crippen LogP contribution is 2.44. The maximum absolute atomic E-state index is 13.2. The van der Waals surface area contributed by atoms with Crippen molar-refractivity contribution >= 4 is 11.7 Å². The molecule has 28 heavy (non-hydrogen) atoms. The van der Waals surface area contributed by atoms with E-state index in [1.54, 1.807) is 12.1 Å². The number of ketones is 1. The van der Waals surface area contributed by atoms with Crippen LogP contribution in [0.15, 0.2) is 59.8 Å². The number of benzene rings is 2. The topological polar surface area (TPSA) is 55.4 Å². The first-order valence-corrected chi connectivity index (χ1v) is 9.60. The first-order valence-electron chi connectivity index (χ1n) is 9.60. The van der Waals surface area contributed by atoms with Gasteiger partial charge in [-0.2, -0.15) is 0 Å². The van der Waals surface area contributed by atoms with Crippen LogP contribution in [0.3, 0.4) is 0 Å². The van der Waals surface area contributed by atoms with Crippen LogP contribution in [0.25, 0.3) is 0 Å². The van der Waals surface area contributed by atoms with Gasteiger partial charge in [0.05, 0.1) is 6.61 Å². The Balaban J connectivity index is 1.72. The molecule has 0 saturated carbocycles. The van der Waals surface area contributed by atoms with E-state index < -0.39 is 0 Å². The summed E-state index contributed by atoms with van der Waals surface area (Å²) < 4.78 is 19.0. The van der Waals surface area contributed by atoms with Crippen LogP contribution >= 0.6 is 0 Å². The number of carbonyl (C=O) groups is 2. The Morgan fingerprint density at radius 2 is 1.79 bits per heavy atom. The molecule has 144 valence electrons. The van der Waals surface area contributed by atoms with Gasteiger partial charge in [0.2, 0.25) is 5.91 Å². The fourth-order valence-corrected chi connectivity index (χ4v) is 4.25. The van der Waals surface area contributed by atoms with Gasteiger partial charge in [0.25, 0.3) is 0 Å². The fraction of sp³-hybridized carbons (Fsp3) is 0.304. The molecule has 1 aliphatic carbocycles. The maximum Gasteiger partial charge on any atom is 0.225 e. The normalized spacial score (nSPS) is 21.9. The Kier molecular flexibility index (Phi) is 4.99. The second-order valence-electron chi connectivity index (χ2n) is 7.25. The molecule has 1 N–H and O–H groups in total. The first kappa shape index (κ1) is 18.4. The number of amides is 1. The van der Waals surface area contributed by atoms with Crippen molar-refractivity contribution in [1.82, 2.24) is 5.32 Å². The average Bonchev–Trinajstić information content (AvgIpc) is 2.68. The van der Waals surface area contributed by atoms with Gasteiger partial charge in [-0.15, -0.1) is 0 Å². The van der Waals surface area contributed by atoms with Crippen molar-refractivity contribution in [3.8, 4) is 5.75 Å². The third-order valence-electron chi connectivity index (χ3n) is 5.47. The Labute approximate surface area is 163 Å². The number of ether oxygens (including phenoxy) is 1. The van der Waals surface area contributed by atoms with Gasteiger partial charge < -0.3 is 10.1 Å². The number of nitrogens with one attached hydrogen (secondary N) is 1. The number of allylic oxidation sites excluding steroid dienone is 2. The Bertz CT molecular complexity index is 949. The van der Waals surface area contributed by atoms with E-state index in [9.17, 15) is 14.0 Å². The van der Waals surface area contributed by atoms with Crippen molar-refractivity contribution in [3.05, 3.63) is 76.7 Å². The lowest BCUT2D eigenvalue weighted by Gasteiger charge is -2.35. The van der Waals surface area contributed by atoms with Crippen molar-refractivity contribution in [1.29, 1.82) is 0 Å². The van der Waals surface area contributed by atoms with E-state index in [4.69, 9.17) is 4.74 Å². The second kappa shape index (κ2) is 7.58. The summed E-state index contributed by atoms with van der Waals surface area (Å²) in [5.41, 5.74) is 3.16. The number of para-hydroxylation sites is 1. The summed E-state index contributed by atoms with van der Waals surface area (Å²) in [6.07, 6.45) is 1.15. The van der Waals surface area contributed by atoms with E-state index in [2.05, 4.69) is 5.32 Å². The minimum Gasteiger partial charge on any atom is -0.494 e. The molecule has 1 amide bonds. The van der Waals surface area contributed by atoms with E-state index in [0.29, 0.717) is 36.5 Å². The van der Waals surface area contributed by atoms with Crippen LogP contribution < -0.4 is 10.1 Å². The molecule has 1 aliphatic heterocycles. The van der Waals surface area contributed by atoms with E-state index in [-0.39, 0.29) is 35.8 Å². The van der Waals surface area contributed by atoms with Gasteiger partial charge in [-0.1, -0.05) is 30.3 Å². The zero-order chi connectivity index (χ0) is 19.7. The van der Waals surface area contributed by atoms with Crippen molar-refractivity contribution in [2.24, 2.45) is 0 Å². The molecule has 0 unspecified atom stereocenters. The molecule has 0 spiro atoms. The Morgan fingerprint density at radius 3 is 2.54 bits per heavy atom. The quantitative estimate of drug-likeness (QED) is 0.865. The molecule has 5 heteroatoms. The lowest BCUT2D eigenvalue weighted by atomic mass is 9.73. The van der Waals surface area contributed by atoms with Gasteiger partial charge in [0, 0.05) is 35.6 Å². The molecule has 0 saturated heterocycles. The first-order chi connectivity index (χ1) is 13.6. The number of rotatable bonds is 4. The Hall–Kier alpha value is -2.95. The van der Waals surface area contributed by atoms with Gasteiger partial charge in [0.1, 0.15) is 11.6 Å². The molecule has 0 radical (unpaired) electrons. The summed E-state index contributed by atoms with van der Waals surface area (Å²) in [6, 6.07) is 13.8. The van der Waals surface area contributed by atoms with Gasteiger partial charge in [-0.25, -0.2) is 4.39 Å². The summed E-state index contributed by atoms with van der Waals surface area (Å²) in [5.74, 6) is -0.00921. The molecule has 2 aromatic rings. The van der Waals surface area contributed by atoms with Crippen molar-refractivity contribution < 1.29 is 18.7 Å². The molecule has 0 bridgehead atoms. The molecule has 4 rings (SSSR count). The van der Waals surface area contributed by atoms with Crippen molar-refractivity contribution in [3.63, 3.8) is 0 Å². The van der Waals surface area contributed by atoms with Crippen LogP contribution in [0.1, 0.15) is 49.1 Å². The lowest BCUT2D eigenvalue weighted by Crippen LogP contribution is -2.38. The average molecular weight is 379 g/mol. The summed E-state index contributed by atoms with van der Waals surface area (Å²) >= 11 is 0. The Morgan fingerprint density at radius 1 is 1.04 bits per heavy atom. The number of carbonyl (C=O) groups excluding carboxylic acids is 2. The van der Waals surface area contributed by atoms with E-state index in [1.807, 2.05) is 31.2 Å². The maximum atomic E-state index is 13.2. The minimum absolute atomic E-state index is 0.0341. The van der Waals surface area contributed by atoms with E-state index in [1.165, 1.54) is 12.1 Å². The predicted molar refractivity (Wildman–Crippen MR) is 104 cm³/mol.